The Labute approximate surface area is 137 Å². The molecule has 0 bridgehead atoms. The van der Waals surface area contributed by atoms with Gasteiger partial charge in [0.1, 0.15) is 0 Å². The monoisotopic (exact) mass is 328 g/mol. The van der Waals surface area contributed by atoms with Gasteiger partial charge in [-0.15, -0.1) is 0 Å². The highest BCUT2D eigenvalue weighted by atomic mass is 35.5. The van der Waals surface area contributed by atoms with E-state index in [1.807, 2.05) is 24.3 Å². The Morgan fingerprint density at radius 1 is 1.22 bits per heavy atom. The van der Waals surface area contributed by atoms with Crippen LogP contribution in [0.25, 0.3) is 11.4 Å². The fourth-order valence-corrected chi connectivity index (χ4v) is 2.10. The van der Waals surface area contributed by atoms with Crippen molar-refractivity contribution in [3.63, 3.8) is 0 Å². The van der Waals surface area contributed by atoms with Crippen molar-refractivity contribution in [2.75, 3.05) is 6.54 Å². The first-order chi connectivity index (χ1) is 11.2. The SMILES string of the molecule is O=C(NCCc1ccc(Cl)cc1)c1nc(-c2cccnc2)no1. The number of carbonyl (C=O) groups is 1. The number of amides is 1. The van der Waals surface area contributed by atoms with Crippen molar-refractivity contribution in [3.8, 4) is 11.4 Å². The molecule has 3 rings (SSSR count). The topological polar surface area (TPSA) is 80.9 Å². The highest BCUT2D eigenvalue weighted by Crippen LogP contribution is 2.13. The third kappa shape index (κ3) is 3.92. The van der Waals surface area contributed by atoms with Crippen molar-refractivity contribution >= 4 is 17.5 Å². The van der Waals surface area contributed by atoms with E-state index < -0.39 is 5.91 Å². The number of rotatable bonds is 5. The molecular weight excluding hydrogens is 316 g/mol. The van der Waals surface area contributed by atoms with Gasteiger partial charge < -0.3 is 9.84 Å². The normalized spacial score (nSPS) is 10.5. The largest absolute Gasteiger partial charge is 0.347 e. The van der Waals surface area contributed by atoms with Crippen molar-refractivity contribution in [2.24, 2.45) is 0 Å². The first-order valence-corrected chi connectivity index (χ1v) is 7.37. The molecule has 0 spiro atoms. The van der Waals surface area contributed by atoms with Crippen molar-refractivity contribution in [1.82, 2.24) is 20.4 Å². The zero-order chi connectivity index (χ0) is 16.1. The summed E-state index contributed by atoms with van der Waals surface area (Å²) in [6, 6.07) is 11.0. The molecule has 0 unspecified atom stereocenters. The van der Waals surface area contributed by atoms with Gasteiger partial charge in [-0.3, -0.25) is 9.78 Å². The molecule has 7 heteroatoms. The number of carbonyl (C=O) groups excluding carboxylic acids is 1. The molecule has 0 fully saturated rings. The Kier molecular flexibility index (Phi) is 4.63. The van der Waals surface area contributed by atoms with Gasteiger partial charge in [0.2, 0.25) is 5.82 Å². The zero-order valence-electron chi connectivity index (χ0n) is 12.1. The van der Waals surface area contributed by atoms with Gasteiger partial charge in [-0.25, -0.2) is 0 Å². The Morgan fingerprint density at radius 3 is 2.78 bits per heavy atom. The summed E-state index contributed by atoms with van der Waals surface area (Å²) in [6.45, 7) is 0.463. The van der Waals surface area contributed by atoms with Crippen LogP contribution in [0.1, 0.15) is 16.2 Å². The van der Waals surface area contributed by atoms with E-state index in [4.69, 9.17) is 16.1 Å². The molecule has 0 radical (unpaired) electrons. The average molecular weight is 329 g/mol. The van der Waals surface area contributed by atoms with Crippen molar-refractivity contribution in [3.05, 3.63) is 65.3 Å². The van der Waals surface area contributed by atoms with Crippen LogP contribution >= 0.6 is 11.6 Å². The Balaban J connectivity index is 1.56. The molecule has 2 heterocycles. The van der Waals surface area contributed by atoms with Gasteiger partial charge in [-0.2, -0.15) is 4.98 Å². The quantitative estimate of drug-likeness (QED) is 0.779. The number of hydrogen-bond donors (Lipinski definition) is 1. The second-order valence-corrected chi connectivity index (χ2v) is 5.23. The molecule has 1 N–H and O–H groups in total. The third-order valence-electron chi connectivity index (χ3n) is 3.15. The summed E-state index contributed by atoms with van der Waals surface area (Å²) in [5, 5.41) is 7.21. The molecule has 0 saturated carbocycles. The maximum absolute atomic E-state index is 12.0. The fourth-order valence-electron chi connectivity index (χ4n) is 1.98. The minimum Gasteiger partial charge on any atom is -0.347 e. The Morgan fingerprint density at radius 2 is 2.04 bits per heavy atom. The van der Waals surface area contributed by atoms with Gasteiger partial charge in [-0.05, 0) is 36.2 Å². The van der Waals surface area contributed by atoms with Crippen LogP contribution in [-0.2, 0) is 6.42 Å². The Bertz CT molecular complexity index is 787. The summed E-state index contributed by atoms with van der Waals surface area (Å²) in [5.74, 6) is -0.137. The fraction of sp³-hybridized carbons (Fsp3) is 0.125. The predicted molar refractivity (Wildman–Crippen MR) is 85.0 cm³/mol. The van der Waals surface area contributed by atoms with Gasteiger partial charge in [0.15, 0.2) is 0 Å². The molecule has 0 saturated heterocycles. The second kappa shape index (κ2) is 7.02. The minimum atomic E-state index is -0.401. The van der Waals surface area contributed by atoms with Gasteiger partial charge in [-0.1, -0.05) is 28.9 Å². The van der Waals surface area contributed by atoms with Crippen LogP contribution in [0, 0.1) is 0 Å². The maximum atomic E-state index is 12.0. The number of hydrogen-bond acceptors (Lipinski definition) is 5. The molecule has 2 aromatic heterocycles. The molecule has 116 valence electrons. The highest BCUT2D eigenvalue weighted by Gasteiger charge is 2.15. The molecular formula is C16H13ClN4O2. The van der Waals surface area contributed by atoms with Gasteiger partial charge >= 0.3 is 11.8 Å². The second-order valence-electron chi connectivity index (χ2n) is 4.80. The standard InChI is InChI=1S/C16H13ClN4O2/c17-13-5-3-11(4-6-13)7-9-19-15(22)16-20-14(21-23-16)12-2-1-8-18-10-12/h1-6,8,10H,7,9H2,(H,19,22). The van der Waals surface area contributed by atoms with Crippen LogP contribution < -0.4 is 5.32 Å². The van der Waals surface area contributed by atoms with E-state index in [0.29, 0.717) is 29.4 Å². The van der Waals surface area contributed by atoms with Crippen LogP contribution in [0.5, 0.6) is 0 Å². The molecule has 0 aliphatic rings. The summed E-state index contributed by atoms with van der Waals surface area (Å²) >= 11 is 5.83. The summed E-state index contributed by atoms with van der Waals surface area (Å²) in [5.41, 5.74) is 1.77. The lowest BCUT2D eigenvalue weighted by atomic mass is 10.1. The summed E-state index contributed by atoms with van der Waals surface area (Å²) in [7, 11) is 0. The van der Waals surface area contributed by atoms with Crippen LogP contribution in [0.4, 0.5) is 0 Å². The predicted octanol–water partition coefficient (Wildman–Crippen LogP) is 2.76. The highest BCUT2D eigenvalue weighted by molar-refractivity contribution is 6.30. The summed E-state index contributed by atoms with van der Waals surface area (Å²) in [4.78, 5) is 20.0. The van der Waals surface area contributed by atoms with E-state index in [9.17, 15) is 4.79 Å². The molecule has 6 nitrogen and oxygen atoms in total. The van der Waals surface area contributed by atoms with E-state index in [2.05, 4.69) is 20.4 Å². The number of aromatic nitrogens is 3. The molecule has 23 heavy (non-hydrogen) atoms. The van der Waals surface area contributed by atoms with Crippen molar-refractivity contribution < 1.29 is 9.32 Å². The van der Waals surface area contributed by atoms with Crippen molar-refractivity contribution in [2.45, 2.75) is 6.42 Å². The van der Waals surface area contributed by atoms with E-state index in [1.54, 1.807) is 24.5 Å². The zero-order valence-corrected chi connectivity index (χ0v) is 12.8. The maximum Gasteiger partial charge on any atom is 0.316 e. The lowest BCUT2D eigenvalue weighted by Crippen LogP contribution is -2.25. The molecule has 1 amide bonds. The number of nitrogens with zero attached hydrogens (tertiary/aromatic N) is 3. The molecule has 0 aliphatic heterocycles. The van der Waals surface area contributed by atoms with Crippen LogP contribution in [0.15, 0.2) is 53.3 Å². The van der Waals surface area contributed by atoms with Gasteiger partial charge in [0.05, 0.1) is 0 Å². The van der Waals surface area contributed by atoms with E-state index in [-0.39, 0.29) is 5.89 Å². The lowest BCUT2D eigenvalue weighted by molar-refractivity contribution is 0.0910. The lowest BCUT2D eigenvalue weighted by Gasteiger charge is -2.02. The van der Waals surface area contributed by atoms with Gasteiger partial charge in [0, 0.05) is 29.5 Å². The summed E-state index contributed by atoms with van der Waals surface area (Å²) < 4.78 is 4.98. The van der Waals surface area contributed by atoms with Crippen LogP contribution in [-0.4, -0.2) is 27.6 Å². The van der Waals surface area contributed by atoms with Crippen LogP contribution in [0.3, 0.4) is 0 Å². The Hall–Kier alpha value is -2.73. The number of halogens is 1. The van der Waals surface area contributed by atoms with E-state index in [0.717, 1.165) is 5.56 Å². The first kappa shape index (κ1) is 15.2. The van der Waals surface area contributed by atoms with E-state index in [1.165, 1.54) is 0 Å². The molecule has 3 aromatic rings. The van der Waals surface area contributed by atoms with E-state index >= 15 is 0 Å². The van der Waals surface area contributed by atoms with Crippen LogP contribution in [0.2, 0.25) is 5.02 Å². The summed E-state index contributed by atoms with van der Waals surface area (Å²) in [6.07, 6.45) is 3.94. The number of pyridine rings is 1. The van der Waals surface area contributed by atoms with Crippen molar-refractivity contribution in [1.29, 1.82) is 0 Å². The molecule has 0 atom stereocenters. The minimum absolute atomic E-state index is 0.0695. The molecule has 0 aliphatic carbocycles. The molecule has 1 aromatic carbocycles. The smallest absolute Gasteiger partial charge is 0.316 e. The first-order valence-electron chi connectivity index (χ1n) is 6.99. The number of nitrogens with one attached hydrogen (secondary N) is 1. The van der Waals surface area contributed by atoms with Gasteiger partial charge in [0.25, 0.3) is 0 Å². The average Bonchev–Trinajstić information content (AvgIpc) is 3.07. The number of benzene rings is 1. The third-order valence-corrected chi connectivity index (χ3v) is 3.40.